The van der Waals surface area contributed by atoms with E-state index in [2.05, 4.69) is 11.4 Å². The molecule has 0 bridgehead atoms. The number of benzene rings is 2. The molecule has 0 radical (unpaired) electrons. The largest absolute Gasteiger partial charge is 0.388 e. The van der Waals surface area contributed by atoms with Gasteiger partial charge < -0.3 is 10.4 Å². The zero-order valence-electron chi connectivity index (χ0n) is 10.6. The molecule has 1 aliphatic heterocycles. The van der Waals surface area contributed by atoms with Gasteiger partial charge in [0.15, 0.2) is 0 Å². The smallest absolute Gasteiger partial charge is 0.123 e. The molecule has 0 amide bonds. The van der Waals surface area contributed by atoms with Gasteiger partial charge in [0.05, 0.1) is 6.10 Å². The van der Waals surface area contributed by atoms with E-state index < -0.39 is 6.10 Å². The predicted octanol–water partition coefficient (Wildman–Crippen LogP) is 3.07. The van der Waals surface area contributed by atoms with E-state index in [4.69, 9.17) is 0 Å². The van der Waals surface area contributed by atoms with E-state index in [1.54, 1.807) is 12.1 Å². The standard InChI is InChI=1S/C16H16FNO/c17-13-6-4-11(5-7-13)10-15(19)14-3-1-2-12-8-9-18-16(12)14/h1-7,15,18-19H,8-10H2. The molecule has 0 saturated heterocycles. The molecule has 98 valence electrons. The van der Waals surface area contributed by atoms with Crippen LogP contribution in [0.5, 0.6) is 0 Å². The lowest BCUT2D eigenvalue weighted by Gasteiger charge is -2.15. The van der Waals surface area contributed by atoms with Gasteiger partial charge in [0.25, 0.3) is 0 Å². The van der Waals surface area contributed by atoms with Crippen LogP contribution in [0.4, 0.5) is 10.1 Å². The number of nitrogens with one attached hydrogen (secondary N) is 1. The summed E-state index contributed by atoms with van der Waals surface area (Å²) in [6.07, 6.45) is 0.941. The number of para-hydroxylation sites is 1. The van der Waals surface area contributed by atoms with Crippen molar-refractivity contribution in [3.05, 3.63) is 65.0 Å². The van der Waals surface area contributed by atoms with E-state index >= 15 is 0 Å². The molecular formula is C16H16FNO. The SMILES string of the molecule is OC(Cc1ccc(F)cc1)c1cccc2c1NCC2. The summed E-state index contributed by atoms with van der Waals surface area (Å²) in [6.45, 7) is 0.926. The fourth-order valence-corrected chi connectivity index (χ4v) is 2.60. The van der Waals surface area contributed by atoms with E-state index in [1.807, 2.05) is 12.1 Å². The summed E-state index contributed by atoms with van der Waals surface area (Å²) in [5.41, 5.74) is 4.19. The van der Waals surface area contributed by atoms with Gasteiger partial charge in [0.2, 0.25) is 0 Å². The van der Waals surface area contributed by atoms with Crippen LogP contribution in [0.15, 0.2) is 42.5 Å². The summed E-state index contributed by atoms with van der Waals surface area (Å²) in [6, 6.07) is 12.3. The van der Waals surface area contributed by atoms with Gasteiger partial charge in [0, 0.05) is 24.2 Å². The molecule has 2 nitrogen and oxygen atoms in total. The summed E-state index contributed by atoms with van der Waals surface area (Å²) < 4.78 is 12.9. The number of hydrogen-bond acceptors (Lipinski definition) is 2. The molecule has 0 saturated carbocycles. The molecule has 19 heavy (non-hydrogen) atoms. The Morgan fingerprint density at radius 1 is 1.16 bits per heavy atom. The van der Waals surface area contributed by atoms with Crippen LogP contribution in [0.25, 0.3) is 0 Å². The summed E-state index contributed by atoms with van der Waals surface area (Å²) in [4.78, 5) is 0. The maximum absolute atomic E-state index is 12.9. The Bertz CT molecular complexity index is 580. The number of hydrogen-bond donors (Lipinski definition) is 2. The van der Waals surface area contributed by atoms with Gasteiger partial charge in [-0.15, -0.1) is 0 Å². The first kappa shape index (κ1) is 12.2. The maximum Gasteiger partial charge on any atom is 0.123 e. The number of rotatable bonds is 3. The zero-order chi connectivity index (χ0) is 13.2. The predicted molar refractivity (Wildman–Crippen MR) is 73.7 cm³/mol. The van der Waals surface area contributed by atoms with Crippen molar-refractivity contribution in [3.8, 4) is 0 Å². The lowest BCUT2D eigenvalue weighted by atomic mass is 9.98. The topological polar surface area (TPSA) is 32.3 Å². The normalized spacial score (nSPS) is 14.8. The lowest BCUT2D eigenvalue weighted by molar-refractivity contribution is 0.179. The van der Waals surface area contributed by atoms with Crippen LogP contribution in [0.2, 0.25) is 0 Å². The second-order valence-electron chi connectivity index (χ2n) is 4.90. The monoisotopic (exact) mass is 257 g/mol. The molecule has 0 aromatic heterocycles. The van der Waals surface area contributed by atoms with Crippen LogP contribution in [0.1, 0.15) is 22.8 Å². The molecule has 1 atom stereocenters. The number of halogens is 1. The van der Waals surface area contributed by atoms with Gasteiger partial charge in [-0.05, 0) is 29.7 Å². The highest BCUT2D eigenvalue weighted by Gasteiger charge is 2.18. The quantitative estimate of drug-likeness (QED) is 0.885. The minimum absolute atomic E-state index is 0.250. The highest BCUT2D eigenvalue weighted by atomic mass is 19.1. The van der Waals surface area contributed by atoms with Crippen molar-refractivity contribution in [1.82, 2.24) is 0 Å². The number of aliphatic hydroxyl groups is 1. The van der Waals surface area contributed by atoms with Gasteiger partial charge in [-0.1, -0.05) is 30.3 Å². The summed E-state index contributed by atoms with van der Waals surface area (Å²) >= 11 is 0. The first-order valence-corrected chi connectivity index (χ1v) is 6.52. The van der Waals surface area contributed by atoms with E-state index in [0.717, 1.165) is 29.8 Å². The average molecular weight is 257 g/mol. The van der Waals surface area contributed by atoms with Gasteiger partial charge in [-0.2, -0.15) is 0 Å². The van der Waals surface area contributed by atoms with Gasteiger partial charge in [0.1, 0.15) is 5.82 Å². The molecule has 2 aromatic rings. The van der Waals surface area contributed by atoms with Gasteiger partial charge >= 0.3 is 0 Å². The Balaban J connectivity index is 1.83. The third-order valence-corrected chi connectivity index (χ3v) is 3.58. The number of aliphatic hydroxyl groups excluding tert-OH is 1. The van der Waals surface area contributed by atoms with E-state index in [0.29, 0.717) is 6.42 Å². The van der Waals surface area contributed by atoms with Crippen molar-refractivity contribution in [3.63, 3.8) is 0 Å². The molecule has 2 N–H and O–H groups in total. The van der Waals surface area contributed by atoms with Crippen molar-refractivity contribution < 1.29 is 9.50 Å². The van der Waals surface area contributed by atoms with Crippen molar-refractivity contribution in [2.24, 2.45) is 0 Å². The molecule has 1 aliphatic rings. The number of anilines is 1. The third-order valence-electron chi connectivity index (χ3n) is 3.58. The van der Waals surface area contributed by atoms with Crippen molar-refractivity contribution >= 4 is 5.69 Å². The van der Waals surface area contributed by atoms with Crippen molar-refractivity contribution in [2.45, 2.75) is 18.9 Å². The Labute approximate surface area is 111 Å². The second kappa shape index (κ2) is 5.02. The second-order valence-corrected chi connectivity index (χ2v) is 4.90. The van der Waals surface area contributed by atoms with Crippen molar-refractivity contribution in [2.75, 3.05) is 11.9 Å². The summed E-state index contributed by atoms with van der Waals surface area (Å²) in [5.74, 6) is -0.250. The highest BCUT2D eigenvalue weighted by Crippen LogP contribution is 2.32. The molecular weight excluding hydrogens is 241 g/mol. The zero-order valence-corrected chi connectivity index (χ0v) is 10.6. The Morgan fingerprint density at radius 2 is 1.95 bits per heavy atom. The van der Waals surface area contributed by atoms with Gasteiger partial charge in [-0.3, -0.25) is 0 Å². The Kier molecular flexibility index (Phi) is 3.22. The van der Waals surface area contributed by atoms with Crippen LogP contribution < -0.4 is 5.32 Å². The fraction of sp³-hybridized carbons (Fsp3) is 0.250. The van der Waals surface area contributed by atoms with E-state index in [1.165, 1.54) is 17.7 Å². The van der Waals surface area contributed by atoms with Crippen LogP contribution in [-0.4, -0.2) is 11.7 Å². The average Bonchev–Trinajstić information content (AvgIpc) is 2.89. The molecule has 3 heteroatoms. The first-order chi connectivity index (χ1) is 9.24. The van der Waals surface area contributed by atoms with Gasteiger partial charge in [-0.25, -0.2) is 4.39 Å². The fourth-order valence-electron chi connectivity index (χ4n) is 2.60. The van der Waals surface area contributed by atoms with E-state index in [9.17, 15) is 9.50 Å². The maximum atomic E-state index is 12.9. The molecule has 1 heterocycles. The summed E-state index contributed by atoms with van der Waals surface area (Å²) in [5, 5.41) is 13.7. The molecule has 0 fully saturated rings. The highest BCUT2D eigenvalue weighted by molar-refractivity contribution is 5.62. The third kappa shape index (κ3) is 2.47. The molecule has 3 rings (SSSR count). The number of fused-ring (bicyclic) bond motifs is 1. The molecule has 1 unspecified atom stereocenters. The molecule has 2 aromatic carbocycles. The van der Waals surface area contributed by atoms with E-state index in [-0.39, 0.29) is 5.82 Å². The minimum Gasteiger partial charge on any atom is -0.388 e. The van der Waals surface area contributed by atoms with Crippen LogP contribution >= 0.6 is 0 Å². The molecule has 0 aliphatic carbocycles. The Hall–Kier alpha value is -1.87. The first-order valence-electron chi connectivity index (χ1n) is 6.52. The van der Waals surface area contributed by atoms with Crippen LogP contribution in [0.3, 0.4) is 0 Å². The Morgan fingerprint density at radius 3 is 2.74 bits per heavy atom. The summed E-state index contributed by atoms with van der Waals surface area (Å²) in [7, 11) is 0. The molecule has 0 spiro atoms. The minimum atomic E-state index is -0.564. The van der Waals surface area contributed by atoms with Crippen molar-refractivity contribution in [1.29, 1.82) is 0 Å². The lowest BCUT2D eigenvalue weighted by Crippen LogP contribution is -2.05. The van der Waals surface area contributed by atoms with Crippen LogP contribution in [0, 0.1) is 5.82 Å². The van der Waals surface area contributed by atoms with Crippen LogP contribution in [-0.2, 0) is 12.8 Å².